The lowest BCUT2D eigenvalue weighted by Gasteiger charge is -2.32. The summed E-state index contributed by atoms with van der Waals surface area (Å²) in [6.45, 7) is 3.78. The highest BCUT2D eigenvalue weighted by molar-refractivity contribution is 5.44. The van der Waals surface area contributed by atoms with Crippen LogP contribution in [0, 0.1) is 5.82 Å². The van der Waals surface area contributed by atoms with E-state index in [0.717, 1.165) is 75.2 Å². The molecule has 20 heavy (non-hydrogen) atoms. The van der Waals surface area contributed by atoms with Crippen LogP contribution in [0.3, 0.4) is 0 Å². The van der Waals surface area contributed by atoms with Crippen LogP contribution in [0.25, 0.3) is 0 Å². The van der Waals surface area contributed by atoms with Crippen LogP contribution in [0.5, 0.6) is 5.75 Å². The van der Waals surface area contributed by atoms with Gasteiger partial charge in [-0.15, -0.1) is 0 Å². The van der Waals surface area contributed by atoms with Crippen LogP contribution in [0.2, 0.25) is 0 Å². The number of hydrogen-bond donors (Lipinski definition) is 1. The molecule has 1 aromatic carbocycles. The van der Waals surface area contributed by atoms with Crippen molar-refractivity contribution < 1.29 is 9.13 Å². The van der Waals surface area contributed by atoms with Gasteiger partial charge in [-0.25, -0.2) is 4.39 Å². The van der Waals surface area contributed by atoms with Crippen molar-refractivity contribution in [2.75, 3.05) is 26.2 Å². The normalized spacial score (nSPS) is 20.1. The monoisotopic (exact) mass is 278 g/mol. The zero-order chi connectivity index (χ0) is 13.9. The molecule has 0 bridgehead atoms. The zero-order valence-corrected chi connectivity index (χ0v) is 11.9. The molecule has 1 aliphatic carbocycles. The molecule has 4 heteroatoms. The third-order valence-corrected chi connectivity index (χ3v) is 4.46. The highest BCUT2D eigenvalue weighted by atomic mass is 19.1. The number of nitrogens with two attached hydrogens (primary N) is 1. The lowest BCUT2D eigenvalue weighted by molar-refractivity contribution is 0.101. The summed E-state index contributed by atoms with van der Waals surface area (Å²) in [6.07, 6.45) is 5.18. The molecule has 1 fully saturated rings. The number of halogens is 1. The lowest BCUT2D eigenvalue weighted by atomic mass is 10.1. The Morgan fingerprint density at radius 3 is 2.70 bits per heavy atom. The number of hydrogen-bond acceptors (Lipinski definition) is 3. The summed E-state index contributed by atoms with van der Waals surface area (Å²) >= 11 is 0. The summed E-state index contributed by atoms with van der Waals surface area (Å²) in [4.78, 5) is 2.38. The van der Waals surface area contributed by atoms with E-state index >= 15 is 0 Å². The fraction of sp³-hybridized carbons (Fsp3) is 0.625. The van der Waals surface area contributed by atoms with Gasteiger partial charge >= 0.3 is 0 Å². The van der Waals surface area contributed by atoms with Crippen molar-refractivity contribution in [2.45, 2.75) is 38.2 Å². The Bertz CT molecular complexity index is 470. The lowest BCUT2D eigenvalue weighted by Crippen LogP contribution is -2.40. The van der Waals surface area contributed by atoms with E-state index < -0.39 is 0 Å². The number of rotatable bonds is 4. The van der Waals surface area contributed by atoms with Crippen molar-refractivity contribution in [3.05, 3.63) is 29.1 Å². The molecule has 1 aliphatic heterocycles. The fourth-order valence-corrected chi connectivity index (χ4v) is 3.35. The van der Waals surface area contributed by atoms with Crippen LogP contribution in [-0.2, 0) is 12.8 Å². The molecule has 0 saturated carbocycles. The van der Waals surface area contributed by atoms with E-state index in [-0.39, 0.29) is 11.9 Å². The Hall–Kier alpha value is -1.13. The number of benzene rings is 1. The maximum absolute atomic E-state index is 13.7. The molecule has 0 atom stereocenters. The van der Waals surface area contributed by atoms with Gasteiger partial charge in [0.05, 0.1) is 0 Å². The Morgan fingerprint density at radius 1 is 1.20 bits per heavy atom. The molecule has 3 nitrogen and oxygen atoms in total. The minimum Gasteiger partial charge on any atom is -0.490 e. The van der Waals surface area contributed by atoms with Crippen LogP contribution in [-0.4, -0.2) is 37.2 Å². The van der Waals surface area contributed by atoms with Crippen molar-refractivity contribution >= 4 is 0 Å². The molecular formula is C16H23FN2O. The number of nitrogens with zero attached hydrogens (tertiary/aromatic N) is 1. The fourth-order valence-electron chi connectivity index (χ4n) is 3.35. The van der Waals surface area contributed by atoms with Gasteiger partial charge < -0.3 is 15.4 Å². The smallest absolute Gasteiger partial charge is 0.126 e. The molecule has 1 saturated heterocycles. The standard InChI is InChI=1S/C16H23FN2O/c17-15-4-5-16(14-3-1-2-13(14)15)20-12-6-9-19(10-7-12)11-8-18/h4-5,12H,1-3,6-11,18H2. The third kappa shape index (κ3) is 2.81. The number of fused-ring (bicyclic) bond motifs is 1. The van der Waals surface area contributed by atoms with E-state index in [1.807, 2.05) is 6.07 Å². The zero-order valence-electron chi connectivity index (χ0n) is 11.9. The van der Waals surface area contributed by atoms with Crippen molar-refractivity contribution in [3.8, 4) is 5.75 Å². The van der Waals surface area contributed by atoms with Crippen LogP contribution in [0.1, 0.15) is 30.4 Å². The van der Waals surface area contributed by atoms with Crippen LogP contribution < -0.4 is 10.5 Å². The first-order valence-corrected chi connectivity index (χ1v) is 7.67. The van der Waals surface area contributed by atoms with Gasteiger partial charge in [0, 0.05) is 31.7 Å². The molecule has 0 aromatic heterocycles. The SMILES string of the molecule is NCCN1CCC(Oc2ccc(F)c3c2CCC3)CC1. The van der Waals surface area contributed by atoms with Gasteiger partial charge in [0.25, 0.3) is 0 Å². The third-order valence-electron chi connectivity index (χ3n) is 4.46. The van der Waals surface area contributed by atoms with Crippen molar-refractivity contribution in [3.63, 3.8) is 0 Å². The Labute approximate surface area is 119 Å². The van der Waals surface area contributed by atoms with Gasteiger partial charge in [-0.3, -0.25) is 0 Å². The number of ether oxygens (including phenoxy) is 1. The average Bonchev–Trinajstić information content (AvgIpc) is 2.95. The molecule has 2 N–H and O–H groups in total. The average molecular weight is 278 g/mol. The van der Waals surface area contributed by atoms with Gasteiger partial charge in [0.1, 0.15) is 17.7 Å². The van der Waals surface area contributed by atoms with Crippen LogP contribution >= 0.6 is 0 Å². The second-order valence-electron chi connectivity index (χ2n) is 5.80. The minimum absolute atomic E-state index is 0.0670. The van der Waals surface area contributed by atoms with Gasteiger partial charge in [-0.2, -0.15) is 0 Å². The van der Waals surface area contributed by atoms with Crippen molar-refractivity contribution in [2.24, 2.45) is 5.73 Å². The summed E-state index contributed by atoms with van der Waals surface area (Å²) < 4.78 is 19.9. The molecule has 2 aliphatic rings. The van der Waals surface area contributed by atoms with E-state index in [1.165, 1.54) is 0 Å². The first-order valence-electron chi connectivity index (χ1n) is 7.67. The van der Waals surface area contributed by atoms with Gasteiger partial charge in [-0.05, 0) is 49.8 Å². The molecule has 1 heterocycles. The van der Waals surface area contributed by atoms with Crippen LogP contribution in [0.4, 0.5) is 4.39 Å². The molecule has 1 aromatic rings. The van der Waals surface area contributed by atoms with E-state index in [9.17, 15) is 4.39 Å². The van der Waals surface area contributed by atoms with Crippen molar-refractivity contribution in [1.29, 1.82) is 0 Å². The first kappa shape index (κ1) is 13.8. The molecular weight excluding hydrogens is 255 g/mol. The quantitative estimate of drug-likeness (QED) is 0.917. The van der Waals surface area contributed by atoms with E-state index in [2.05, 4.69) is 4.90 Å². The summed E-state index contributed by atoms with van der Waals surface area (Å²) in [6, 6.07) is 3.37. The molecule has 0 spiro atoms. The largest absolute Gasteiger partial charge is 0.490 e. The molecule has 0 unspecified atom stereocenters. The van der Waals surface area contributed by atoms with E-state index in [1.54, 1.807) is 6.07 Å². The minimum atomic E-state index is -0.0670. The van der Waals surface area contributed by atoms with Gasteiger partial charge in [0.2, 0.25) is 0 Å². The Kier molecular flexibility index (Phi) is 4.22. The van der Waals surface area contributed by atoms with Crippen molar-refractivity contribution in [1.82, 2.24) is 4.90 Å². The first-order chi connectivity index (χ1) is 9.78. The van der Waals surface area contributed by atoms with Crippen LogP contribution in [0.15, 0.2) is 12.1 Å². The summed E-state index contributed by atoms with van der Waals surface area (Å²) in [5.74, 6) is 0.846. The molecule has 0 amide bonds. The van der Waals surface area contributed by atoms with Gasteiger partial charge in [0.15, 0.2) is 0 Å². The van der Waals surface area contributed by atoms with Gasteiger partial charge in [-0.1, -0.05) is 0 Å². The summed E-state index contributed by atoms with van der Waals surface area (Å²) in [7, 11) is 0. The van der Waals surface area contributed by atoms with E-state index in [0.29, 0.717) is 0 Å². The molecule has 110 valence electrons. The maximum Gasteiger partial charge on any atom is 0.126 e. The summed E-state index contributed by atoms with van der Waals surface area (Å²) in [5, 5.41) is 0. The molecule has 0 radical (unpaired) electrons. The second kappa shape index (κ2) is 6.10. The predicted molar refractivity (Wildman–Crippen MR) is 77.6 cm³/mol. The second-order valence-corrected chi connectivity index (χ2v) is 5.80. The highest BCUT2D eigenvalue weighted by Crippen LogP contribution is 2.33. The predicted octanol–water partition coefficient (Wildman–Crippen LogP) is 2.12. The Balaban J connectivity index is 1.64. The number of piperidine rings is 1. The number of likely N-dealkylation sites (tertiary alicyclic amines) is 1. The molecule has 3 rings (SSSR count). The maximum atomic E-state index is 13.7. The summed E-state index contributed by atoms with van der Waals surface area (Å²) in [5.41, 5.74) is 7.57. The topological polar surface area (TPSA) is 38.5 Å². The highest BCUT2D eigenvalue weighted by Gasteiger charge is 2.24. The Morgan fingerprint density at radius 2 is 1.95 bits per heavy atom. The van der Waals surface area contributed by atoms with E-state index in [4.69, 9.17) is 10.5 Å².